The van der Waals surface area contributed by atoms with Gasteiger partial charge in [0.1, 0.15) is 36.6 Å². The molecule has 1 saturated carbocycles. The predicted molar refractivity (Wildman–Crippen MR) is 74.9 cm³/mol. The standard InChI is InChI=1S/C6H18O24P6.6Zn/c7-31(8,9)25-1-2(26-32(10,11)12)4(28-34(16,17)18)6(30-36(22,23)24)5(29-35(19,20)21)3(1)27-33(13,14)15;;;;;;/h1-6H,(H2,7,8,9)(H2,10,11,12)(H2,13,14,15)(H2,16,17,18)(H2,19,20,21)(H2,22,23,24);;;;;;/q;6*+2/p-12. The summed E-state index contributed by atoms with van der Waals surface area (Å²) in [5.74, 6) is 0. The minimum absolute atomic E-state index is 0. The van der Waals surface area contributed by atoms with E-state index < -0.39 is 83.6 Å². The van der Waals surface area contributed by atoms with Crippen molar-refractivity contribution in [3.05, 3.63) is 0 Å². The summed E-state index contributed by atoms with van der Waals surface area (Å²) in [6, 6.07) is 0. The fourth-order valence-corrected chi connectivity index (χ4v) is 5.96. The molecule has 0 aromatic heterocycles. The van der Waals surface area contributed by atoms with Crippen molar-refractivity contribution < 1.29 is 230 Å². The van der Waals surface area contributed by atoms with Crippen molar-refractivity contribution in [2.45, 2.75) is 36.6 Å². The van der Waals surface area contributed by atoms with Crippen molar-refractivity contribution >= 4 is 46.9 Å². The third-order valence-corrected chi connectivity index (χ3v) is 6.46. The molecule has 0 radical (unpaired) electrons. The normalized spacial score (nSPS) is 25.1. The molecule has 42 heavy (non-hydrogen) atoms. The van der Waals surface area contributed by atoms with Crippen molar-refractivity contribution in [1.82, 2.24) is 0 Å². The van der Waals surface area contributed by atoms with Crippen molar-refractivity contribution in [2.24, 2.45) is 0 Å². The van der Waals surface area contributed by atoms with Crippen molar-refractivity contribution in [3.63, 3.8) is 0 Å². The Morgan fingerprint density at radius 3 is 0.381 bits per heavy atom. The van der Waals surface area contributed by atoms with Crippen LogP contribution in [0.15, 0.2) is 0 Å². The zero-order valence-electron chi connectivity index (χ0n) is 20.2. The molecule has 1 rings (SSSR count). The molecule has 0 spiro atoms. The largest absolute Gasteiger partial charge is 2.00 e. The van der Waals surface area contributed by atoms with Gasteiger partial charge in [0, 0.05) is 0 Å². The van der Waals surface area contributed by atoms with Crippen LogP contribution in [0.25, 0.3) is 0 Å². The van der Waals surface area contributed by atoms with Gasteiger partial charge in [-0.15, -0.1) is 0 Å². The van der Waals surface area contributed by atoms with Gasteiger partial charge in [-0.05, 0) is 0 Å². The third kappa shape index (κ3) is 24.5. The Balaban J connectivity index is -0.000000540. The Hall–Kier alpha value is 4.40. The fourth-order valence-electron chi connectivity index (χ4n) is 2.74. The molecule has 216 valence electrons. The summed E-state index contributed by atoms with van der Waals surface area (Å²) in [7, 11) is -40.1. The van der Waals surface area contributed by atoms with Crippen molar-refractivity contribution in [1.29, 1.82) is 0 Å². The molecule has 0 amide bonds. The SMILES string of the molecule is O=P([O-])([O-])OC1C(OP(=O)([O-])[O-])C(OP(=O)([O-])[O-])C(OP(=O)([O-])[O-])C(OP(=O)([O-])[O-])C1OP(=O)([O-])[O-].[Zn+2].[Zn+2].[Zn+2].[Zn+2].[Zn+2].[Zn+2]. The van der Waals surface area contributed by atoms with Crippen LogP contribution >= 0.6 is 46.9 Å². The third-order valence-electron chi connectivity index (χ3n) is 3.45. The van der Waals surface area contributed by atoms with Gasteiger partial charge in [0.15, 0.2) is 0 Å². The summed E-state index contributed by atoms with van der Waals surface area (Å²) >= 11 is 0. The van der Waals surface area contributed by atoms with Crippen LogP contribution < -0.4 is 58.7 Å². The molecule has 0 N–H and O–H groups in total. The second-order valence-corrected chi connectivity index (χ2v) is 12.7. The van der Waals surface area contributed by atoms with Gasteiger partial charge in [0.25, 0.3) is 0 Å². The van der Waals surface area contributed by atoms with E-state index in [9.17, 15) is 86.1 Å². The first kappa shape index (κ1) is 58.6. The van der Waals surface area contributed by atoms with Crippen LogP contribution in [0.1, 0.15) is 0 Å². The molecule has 24 nitrogen and oxygen atoms in total. The summed E-state index contributed by atoms with van der Waals surface area (Å²) < 4.78 is 88.3. The second kappa shape index (κ2) is 21.6. The molecular weight excluding hydrogens is 1030 g/mol. The first-order chi connectivity index (χ1) is 15.6. The maximum absolute atomic E-state index is 11.1. The summed E-state index contributed by atoms with van der Waals surface area (Å²) in [6.07, 6.45) is -21.5. The summed E-state index contributed by atoms with van der Waals surface area (Å²) in [6.45, 7) is 0. The second-order valence-electron chi connectivity index (χ2n) is 6.10. The van der Waals surface area contributed by atoms with Crippen LogP contribution in [0.2, 0.25) is 0 Å². The molecular formula is C6H6O24P6Zn6. The van der Waals surface area contributed by atoms with Gasteiger partial charge in [0.05, 0.1) is 46.9 Å². The van der Waals surface area contributed by atoms with E-state index in [-0.39, 0.29) is 117 Å². The number of hydrogen-bond donors (Lipinski definition) is 0. The summed E-state index contributed by atoms with van der Waals surface area (Å²) in [5, 5.41) is 0. The van der Waals surface area contributed by atoms with E-state index in [0.29, 0.717) is 0 Å². The summed E-state index contributed by atoms with van der Waals surface area (Å²) in [4.78, 5) is 133. The van der Waals surface area contributed by atoms with Crippen LogP contribution in [-0.4, -0.2) is 36.6 Å². The van der Waals surface area contributed by atoms with E-state index in [1.165, 1.54) is 0 Å². The van der Waals surface area contributed by atoms with E-state index in [2.05, 4.69) is 27.1 Å². The van der Waals surface area contributed by atoms with Crippen molar-refractivity contribution in [2.75, 3.05) is 0 Å². The minimum atomic E-state index is -6.68. The van der Waals surface area contributed by atoms with Gasteiger partial charge in [-0.1, -0.05) is 0 Å². The Morgan fingerprint density at radius 2 is 0.333 bits per heavy atom. The van der Waals surface area contributed by atoms with E-state index >= 15 is 0 Å². The zero-order valence-corrected chi connectivity index (χ0v) is 43.4. The quantitative estimate of drug-likeness (QED) is 0.129. The van der Waals surface area contributed by atoms with Crippen LogP contribution in [-0.2, 0) is 171 Å². The molecule has 1 fully saturated rings. The number of rotatable bonds is 12. The number of phosphoric ester groups is 6. The average Bonchev–Trinajstić information content (AvgIpc) is 2.51. The van der Waals surface area contributed by atoms with E-state index in [4.69, 9.17) is 0 Å². The molecule has 36 heteroatoms. The smallest absolute Gasteiger partial charge is 0.790 e. The maximum atomic E-state index is 11.1. The van der Waals surface area contributed by atoms with E-state index in [1.54, 1.807) is 0 Å². The molecule has 1 aliphatic carbocycles. The average molecular weight is 1040 g/mol. The van der Waals surface area contributed by atoms with Crippen LogP contribution in [0.4, 0.5) is 0 Å². The molecule has 0 atom stereocenters. The van der Waals surface area contributed by atoms with E-state index in [0.717, 1.165) is 0 Å². The first-order valence-electron chi connectivity index (χ1n) is 7.80. The Kier molecular flexibility index (Phi) is 30.1. The molecule has 0 aromatic carbocycles. The van der Waals surface area contributed by atoms with Crippen molar-refractivity contribution in [3.8, 4) is 0 Å². The van der Waals surface area contributed by atoms with Gasteiger partial charge in [-0.3, -0.25) is 0 Å². The summed E-state index contributed by atoms with van der Waals surface area (Å²) in [5.41, 5.74) is 0. The maximum Gasteiger partial charge on any atom is 2.00 e. The number of phosphoric acid groups is 6. The topological polar surface area (TPSA) is 435 Å². The van der Waals surface area contributed by atoms with Gasteiger partial charge in [0.2, 0.25) is 0 Å². The molecule has 1 aliphatic rings. The monoisotopic (exact) mass is 1030 g/mol. The molecule has 0 aromatic rings. The molecule has 0 aliphatic heterocycles. The number of hydrogen-bond acceptors (Lipinski definition) is 24. The zero-order chi connectivity index (χ0) is 28.7. The molecule has 0 unspecified atom stereocenters. The van der Waals surface area contributed by atoms with Gasteiger partial charge < -0.3 is 113 Å². The van der Waals surface area contributed by atoms with Crippen LogP contribution in [0, 0.1) is 0 Å². The minimum Gasteiger partial charge on any atom is -0.790 e. The van der Waals surface area contributed by atoms with E-state index in [1.807, 2.05) is 0 Å². The molecule has 0 saturated heterocycles. The predicted octanol–water partition coefficient (Wildman–Crippen LogP) is -10.7. The first-order valence-corrected chi connectivity index (χ1v) is 16.6. The fraction of sp³-hybridized carbons (Fsp3) is 1.00. The Labute approximate surface area is 310 Å². The molecule has 0 heterocycles. The Morgan fingerprint density at radius 1 is 0.262 bits per heavy atom. The van der Waals surface area contributed by atoms with Gasteiger partial charge in [-0.25, -0.2) is 0 Å². The van der Waals surface area contributed by atoms with Gasteiger partial charge >= 0.3 is 117 Å². The van der Waals surface area contributed by atoms with Gasteiger partial charge in [-0.2, -0.15) is 0 Å². The molecule has 0 bridgehead atoms. The van der Waals surface area contributed by atoms with Crippen LogP contribution in [0.3, 0.4) is 0 Å². The Bertz CT molecular complexity index is 843. The van der Waals surface area contributed by atoms with Crippen LogP contribution in [0.5, 0.6) is 0 Å².